The van der Waals surface area contributed by atoms with Crippen molar-refractivity contribution >= 4 is 0 Å². The predicted molar refractivity (Wildman–Crippen MR) is 71.5 cm³/mol. The maximum absolute atomic E-state index is 6.30. The van der Waals surface area contributed by atoms with E-state index in [0.29, 0.717) is 0 Å². The summed E-state index contributed by atoms with van der Waals surface area (Å²) in [5.74, 6) is 1.89. The van der Waals surface area contributed by atoms with E-state index in [2.05, 4.69) is 25.1 Å². The molecule has 0 aromatic carbocycles. The number of hydrogen-bond acceptors (Lipinski definition) is 3. The van der Waals surface area contributed by atoms with E-state index in [1.54, 1.807) is 0 Å². The minimum atomic E-state index is -0.0306. The van der Waals surface area contributed by atoms with Crippen molar-refractivity contribution < 1.29 is 4.42 Å². The van der Waals surface area contributed by atoms with Crippen LogP contribution in [0.4, 0.5) is 0 Å². The molecule has 0 bridgehead atoms. The minimum Gasteiger partial charge on any atom is -0.466 e. The number of nitrogens with two attached hydrogens (primary N) is 1. The Morgan fingerprint density at radius 2 is 2.06 bits per heavy atom. The quantitative estimate of drug-likeness (QED) is 0.903. The van der Waals surface area contributed by atoms with Gasteiger partial charge in [0.25, 0.3) is 0 Å². The molecular formula is C14H21N3O. The lowest BCUT2D eigenvalue weighted by Gasteiger charge is -2.10. The number of furan rings is 1. The fraction of sp³-hybridized carbons (Fsp3) is 0.500. The molecule has 0 amide bonds. The molecule has 2 N–H and O–H groups in total. The first-order valence-corrected chi connectivity index (χ1v) is 6.36. The zero-order valence-corrected chi connectivity index (χ0v) is 11.5. The lowest BCUT2D eigenvalue weighted by atomic mass is 9.98. The van der Waals surface area contributed by atoms with Crippen LogP contribution >= 0.6 is 0 Å². The van der Waals surface area contributed by atoms with Crippen LogP contribution in [0.3, 0.4) is 0 Å². The number of hydrogen-bond donors (Lipinski definition) is 1. The summed E-state index contributed by atoms with van der Waals surface area (Å²) in [6, 6.07) is -0.0306. The summed E-state index contributed by atoms with van der Waals surface area (Å²) in [7, 11) is 0. The molecule has 1 atom stereocenters. The molecule has 0 aliphatic rings. The summed E-state index contributed by atoms with van der Waals surface area (Å²) in [6.07, 6.45) is 4.74. The molecule has 0 aliphatic heterocycles. The van der Waals surface area contributed by atoms with Crippen molar-refractivity contribution in [1.82, 2.24) is 9.78 Å². The molecule has 0 aliphatic carbocycles. The van der Waals surface area contributed by atoms with Gasteiger partial charge in [-0.1, -0.05) is 0 Å². The first-order valence-electron chi connectivity index (χ1n) is 6.36. The fourth-order valence-electron chi connectivity index (χ4n) is 2.39. The lowest BCUT2D eigenvalue weighted by Crippen LogP contribution is -2.14. The van der Waals surface area contributed by atoms with Gasteiger partial charge in [-0.3, -0.25) is 4.68 Å². The Kier molecular flexibility index (Phi) is 3.57. The van der Waals surface area contributed by atoms with Gasteiger partial charge >= 0.3 is 0 Å². The molecular weight excluding hydrogens is 226 g/mol. The van der Waals surface area contributed by atoms with Crippen molar-refractivity contribution in [2.24, 2.45) is 5.73 Å². The largest absolute Gasteiger partial charge is 0.466 e. The van der Waals surface area contributed by atoms with Crippen molar-refractivity contribution in [1.29, 1.82) is 0 Å². The van der Waals surface area contributed by atoms with E-state index in [0.717, 1.165) is 30.0 Å². The van der Waals surface area contributed by atoms with Gasteiger partial charge in [-0.25, -0.2) is 0 Å². The normalized spacial score (nSPS) is 12.9. The van der Waals surface area contributed by atoms with Crippen LogP contribution in [-0.2, 0) is 13.0 Å². The Hall–Kier alpha value is -1.55. The van der Waals surface area contributed by atoms with Crippen molar-refractivity contribution in [2.75, 3.05) is 0 Å². The molecule has 2 heterocycles. The standard InChI is InChI=1S/C14H21N3O/c1-5-17-8-12(7-16-17)6-13(15)14-9(2)10(3)18-11(14)4/h7-8,13H,5-6,15H2,1-4H3. The summed E-state index contributed by atoms with van der Waals surface area (Å²) >= 11 is 0. The topological polar surface area (TPSA) is 57.0 Å². The average Bonchev–Trinajstić information content (AvgIpc) is 2.85. The molecule has 0 radical (unpaired) electrons. The Labute approximate surface area is 108 Å². The van der Waals surface area contributed by atoms with Crippen molar-refractivity contribution in [2.45, 2.75) is 46.7 Å². The van der Waals surface area contributed by atoms with Crippen LogP contribution in [0.25, 0.3) is 0 Å². The Bertz CT molecular complexity index is 539. The van der Waals surface area contributed by atoms with Crippen molar-refractivity contribution in [3.8, 4) is 0 Å². The summed E-state index contributed by atoms with van der Waals surface area (Å²) in [5.41, 5.74) is 9.77. The van der Waals surface area contributed by atoms with Crippen molar-refractivity contribution in [3.05, 3.63) is 40.6 Å². The number of nitrogens with zero attached hydrogens (tertiary/aromatic N) is 2. The zero-order valence-electron chi connectivity index (χ0n) is 11.5. The third-order valence-electron chi connectivity index (χ3n) is 3.45. The van der Waals surface area contributed by atoms with Crippen LogP contribution in [0.5, 0.6) is 0 Å². The highest BCUT2D eigenvalue weighted by atomic mass is 16.3. The van der Waals surface area contributed by atoms with Gasteiger partial charge in [0.05, 0.1) is 6.20 Å². The minimum absolute atomic E-state index is 0.0306. The fourth-order valence-corrected chi connectivity index (χ4v) is 2.39. The SMILES string of the molecule is CCn1cc(CC(N)c2c(C)oc(C)c2C)cn1. The second-order valence-electron chi connectivity index (χ2n) is 4.77. The van der Waals surface area contributed by atoms with E-state index in [1.807, 2.05) is 24.7 Å². The molecule has 4 nitrogen and oxygen atoms in total. The molecule has 18 heavy (non-hydrogen) atoms. The van der Waals surface area contributed by atoms with Crippen LogP contribution in [0.2, 0.25) is 0 Å². The Balaban J connectivity index is 2.18. The highest BCUT2D eigenvalue weighted by Gasteiger charge is 2.18. The predicted octanol–water partition coefficient (Wildman–Crippen LogP) is 2.66. The molecule has 1 unspecified atom stereocenters. The van der Waals surface area contributed by atoms with Crippen LogP contribution in [0.15, 0.2) is 16.8 Å². The van der Waals surface area contributed by atoms with Gasteiger partial charge < -0.3 is 10.2 Å². The first kappa shape index (κ1) is 12.9. The zero-order chi connectivity index (χ0) is 13.3. The van der Waals surface area contributed by atoms with E-state index < -0.39 is 0 Å². The first-order chi connectivity index (χ1) is 8.52. The highest BCUT2D eigenvalue weighted by molar-refractivity contribution is 5.34. The molecule has 0 saturated heterocycles. The van der Waals surface area contributed by atoms with E-state index >= 15 is 0 Å². The number of aromatic nitrogens is 2. The summed E-state index contributed by atoms with van der Waals surface area (Å²) < 4.78 is 7.55. The third-order valence-corrected chi connectivity index (χ3v) is 3.45. The number of rotatable bonds is 4. The number of aryl methyl sites for hydroxylation is 3. The van der Waals surface area contributed by atoms with Gasteiger partial charge in [-0.2, -0.15) is 5.10 Å². The van der Waals surface area contributed by atoms with Crippen LogP contribution < -0.4 is 5.73 Å². The van der Waals surface area contributed by atoms with Crippen molar-refractivity contribution in [3.63, 3.8) is 0 Å². The summed E-state index contributed by atoms with van der Waals surface area (Å²) in [4.78, 5) is 0. The molecule has 0 saturated carbocycles. The van der Waals surface area contributed by atoms with Gasteiger partial charge in [0.1, 0.15) is 11.5 Å². The molecule has 0 spiro atoms. The maximum atomic E-state index is 6.30. The maximum Gasteiger partial charge on any atom is 0.106 e. The Morgan fingerprint density at radius 1 is 1.33 bits per heavy atom. The van der Waals surface area contributed by atoms with E-state index in [4.69, 9.17) is 10.2 Å². The lowest BCUT2D eigenvalue weighted by molar-refractivity contribution is 0.496. The monoisotopic (exact) mass is 247 g/mol. The van der Waals surface area contributed by atoms with Gasteiger partial charge in [-0.15, -0.1) is 0 Å². The smallest absolute Gasteiger partial charge is 0.106 e. The van der Waals surface area contributed by atoms with Crippen LogP contribution in [0.1, 0.15) is 41.2 Å². The summed E-state index contributed by atoms with van der Waals surface area (Å²) in [6.45, 7) is 8.98. The van der Waals surface area contributed by atoms with Gasteiger partial charge in [-0.05, 0) is 45.2 Å². The van der Waals surface area contributed by atoms with Crippen LogP contribution in [0, 0.1) is 20.8 Å². The Morgan fingerprint density at radius 3 is 2.56 bits per heavy atom. The molecule has 0 fully saturated rings. The van der Waals surface area contributed by atoms with E-state index in [1.165, 1.54) is 11.1 Å². The van der Waals surface area contributed by atoms with Gasteiger partial charge in [0, 0.05) is 24.3 Å². The second kappa shape index (κ2) is 4.98. The second-order valence-corrected chi connectivity index (χ2v) is 4.77. The van der Waals surface area contributed by atoms with Gasteiger partial charge in [0.15, 0.2) is 0 Å². The van der Waals surface area contributed by atoms with Crippen LogP contribution in [-0.4, -0.2) is 9.78 Å². The third kappa shape index (κ3) is 2.34. The van der Waals surface area contributed by atoms with Gasteiger partial charge in [0.2, 0.25) is 0 Å². The molecule has 2 rings (SSSR count). The summed E-state index contributed by atoms with van der Waals surface area (Å²) in [5, 5.41) is 4.27. The van der Waals surface area contributed by atoms with E-state index in [9.17, 15) is 0 Å². The highest BCUT2D eigenvalue weighted by Crippen LogP contribution is 2.27. The average molecular weight is 247 g/mol. The molecule has 98 valence electrons. The molecule has 2 aromatic rings. The molecule has 2 aromatic heterocycles. The molecule has 4 heteroatoms. The van der Waals surface area contributed by atoms with E-state index in [-0.39, 0.29) is 6.04 Å².